The topological polar surface area (TPSA) is 206 Å². The van der Waals surface area contributed by atoms with Gasteiger partial charge in [-0.1, -0.05) is 48.5 Å². The molecule has 0 saturated heterocycles. The lowest BCUT2D eigenvalue weighted by molar-refractivity contribution is 0.0528. The number of ether oxygens (including phenoxy) is 1. The molecule has 0 aliphatic carbocycles. The van der Waals surface area contributed by atoms with Crippen LogP contribution in [0.25, 0.3) is 0 Å². The highest BCUT2D eigenvalue weighted by Crippen LogP contribution is 2.17. The standard InChI is InChI=1S/C32H36N6O3.C27H28N6O/c1-32(2,3)41-31(40)35-19-16-24-10-13-26(14-11-24)37-30(39)25-12-15-29(36-20-25)23-38(21-27-8-4-6-17-33-27)22-28-9-5-7-18-34-28;28-14-13-21-7-10-23(11-8-21)32-27(34)22-9-12-26(31-17-22)20-33(18-24-5-1-3-15-29-24)19-25-6-2-4-16-30-25/h4-15,17-18,20H,16,19,21-23H2,1-3H3,(H,35,40)(H,37,39);1-12,15-17H,13-14,18-20,28H2,(H,32,34). The van der Waals surface area contributed by atoms with Crippen molar-refractivity contribution in [3.8, 4) is 0 Å². The second kappa shape index (κ2) is 28.0. The van der Waals surface area contributed by atoms with Crippen molar-refractivity contribution in [2.24, 2.45) is 5.73 Å². The Hall–Kier alpha value is -8.57. The van der Waals surface area contributed by atoms with E-state index in [0.717, 1.165) is 57.4 Å². The van der Waals surface area contributed by atoms with Crippen molar-refractivity contribution in [3.05, 3.63) is 239 Å². The van der Waals surface area contributed by atoms with Crippen molar-refractivity contribution >= 4 is 29.3 Å². The smallest absolute Gasteiger partial charge is 0.407 e. The van der Waals surface area contributed by atoms with Crippen LogP contribution in [-0.2, 0) is 56.8 Å². The molecule has 0 unspecified atom stereocenters. The van der Waals surface area contributed by atoms with Crippen molar-refractivity contribution in [2.45, 2.75) is 78.5 Å². The molecule has 16 heteroatoms. The second-order valence-electron chi connectivity index (χ2n) is 18.7. The van der Waals surface area contributed by atoms with Crippen LogP contribution >= 0.6 is 0 Å². The summed E-state index contributed by atoms with van der Waals surface area (Å²) in [4.78, 5) is 68.7. The first kappa shape index (κ1) is 54.2. The minimum atomic E-state index is -0.527. The molecule has 6 heterocycles. The minimum Gasteiger partial charge on any atom is -0.444 e. The summed E-state index contributed by atoms with van der Waals surface area (Å²) < 4.78 is 5.24. The number of hydrogen-bond acceptors (Lipinski definition) is 13. The number of carbonyl (C=O) groups is 3. The summed E-state index contributed by atoms with van der Waals surface area (Å²) in [6, 6.07) is 46.2. The summed E-state index contributed by atoms with van der Waals surface area (Å²) in [5.41, 5.74) is 15.2. The van der Waals surface area contributed by atoms with E-state index in [1.54, 1.807) is 49.3 Å². The fraction of sp³-hybridized carbons (Fsp3) is 0.237. The highest BCUT2D eigenvalue weighted by molar-refractivity contribution is 6.04. The van der Waals surface area contributed by atoms with E-state index in [9.17, 15) is 14.4 Å². The molecule has 5 N–H and O–H groups in total. The van der Waals surface area contributed by atoms with E-state index in [2.05, 4.69) is 55.7 Å². The molecule has 0 spiro atoms. The van der Waals surface area contributed by atoms with Crippen molar-refractivity contribution in [1.29, 1.82) is 0 Å². The van der Waals surface area contributed by atoms with E-state index in [-0.39, 0.29) is 11.8 Å². The van der Waals surface area contributed by atoms with E-state index in [0.29, 0.717) is 75.6 Å². The van der Waals surface area contributed by atoms with Crippen molar-refractivity contribution < 1.29 is 19.1 Å². The molecule has 6 aromatic heterocycles. The molecule has 75 heavy (non-hydrogen) atoms. The fourth-order valence-corrected chi connectivity index (χ4v) is 7.69. The summed E-state index contributed by atoms with van der Waals surface area (Å²) >= 11 is 0. The number of amides is 3. The van der Waals surface area contributed by atoms with E-state index in [1.807, 2.05) is 154 Å². The first-order valence-electron chi connectivity index (χ1n) is 24.8. The second-order valence-corrected chi connectivity index (χ2v) is 18.7. The first-order chi connectivity index (χ1) is 36.4. The molecule has 0 fully saturated rings. The number of nitrogens with zero attached hydrogens (tertiary/aromatic N) is 8. The Morgan fingerprint density at radius 1 is 0.467 bits per heavy atom. The van der Waals surface area contributed by atoms with Crippen LogP contribution in [0, 0.1) is 0 Å². The summed E-state index contributed by atoms with van der Waals surface area (Å²) in [7, 11) is 0. The Bertz CT molecular complexity index is 2880. The molecule has 0 aliphatic heterocycles. The third-order valence-corrected chi connectivity index (χ3v) is 11.3. The van der Waals surface area contributed by atoms with Gasteiger partial charge in [0.15, 0.2) is 0 Å². The first-order valence-corrected chi connectivity index (χ1v) is 24.8. The van der Waals surface area contributed by atoms with Gasteiger partial charge in [-0.2, -0.15) is 0 Å². The van der Waals surface area contributed by atoms with Crippen molar-refractivity contribution in [1.82, 2.24) is 45.0 Å². The molecule has 0 aliphatic rings. The maximum Gasteiger partial charge on any atom is 0.407 e. The zero-order valence-electron chi connectivity index (χ0n) is 42.7. The molecule has 0 radical (unpaired) electrons. The number of nitrogens with one attached hydrogen (secondary N) is 3. The highest BCUT2D eigenvalue weighted by Gasteiger charge is 2.17. The lowest BCUT2D eigenvalue weighted by Gasteiger charge is -2.21. The minimum absolute atomic E-state index is 0.190. The van der Waals surface area contributed by atoms with Crippen LogP contribution in [0.3, 0.4) is 0 Å². The van der Waals surface area contributed by atoms with Gasteiger partial charge in [-0.3, -0.25) is 49.3 Å². The summed E-state index contributed by atoms with van der Waals surface area (Å²) in [5, 5.41) is 8.58. The Morgan fingerprint density at radius 3 is 1.13 bits per heavy atom. The molecule has 8 rings (SSSR count). The monoisotopic (exact) mass is 1000 g/mol. The zero-order valence-corrected chi connectivity index (χ0v) is 42.7. The van der Waals surface area contributed by atoms with Gasteiger partial charge in [-0.15, -0.1) is 0 Å². The SMILES string of the molecule is CC(C)(C)OC(=O)NCCc1ccc(NC(=O)c2ccc(CN(Cc3ccccn3)Cc3ccccn3)nc2)cc1.NCCc1ccc(NC(=O)c2ccc(CN(Cc3ccccn3)Cc3ccccn3)nc2)cc1. The number of alkyl carbamates (subject to hydrolysis) is 1. The van der Waals surface area contributed by atoms with Crippen molar-refractivity contribution in [3.63, 3.8) is 0 Å². The predicted molar refractivity (Wildman–Crippen MR) is 291 cm³/mol. The Balaban J connectivity index is 0.000000222. The molecule has 16 nitrogen and oxygen atoms in total. The van der Waals surface area contributed by atoms with Gasteiger partial charge in [-0.25, -0.2) is 4.79 Å². The number of benzene rings is 2. The lowest BCUT2D eigenvalue weighted by Crippen LogP contribution is -2.33. The van der Waals surface area contributed by atoms with Gasteiger partial charge in [0.1, 0.15) is 5.60 Å². The maximum absolute atomic E-state index is 12.8. The Labute approximate surface area is 438 Å². The third kappa shape index (κ3) is 19.1. The van der Waals surface area contributed by atoms with Gasteiger partial charge < -0.3 is 26.4 Å². The molecule has 384 valence electrons. The van der Waals surface area contributed by atoms with Crippen LogP contribution in [0.2, 0.25) is 0 Å². The van der Waals surface area contributed by atoms with Gasteiger partial charge in [0.25, 0.3) is 11.8 Å². The number of hydrogen-bond donors (Lipinski definition) is 4. The normalized spacial score (nSPS) is 11.1. The number of nitrogens with two attached hydrogens (primary N) is 1. The number of anilines is 2. The third-order valence-electron chi connectivity index (χ3n) is 11.3. The molecule has 0 bridgehead atoms. The Kier molecular flexibility index (Phi) is 20.3. The van der Waals surface area contributed by atoms with E-state index in [4.69, 9.17) is 10.5 Å². The molecular formula is C59H64N12O4. The summed E-state index contributed by atoms with van der Waals surface area (Å²) in [6.45, 7) is 10.4. The maximum atomic E-state index is 12.8. The molecule has 0 saturated carbocycles. The van der Waals surface area contributed by atoms with E-state index < -0.39 is 11.7 Å². The van der Waals surface area contributed by atoms with Gasteiger partial charge in [-0.05, 0) is 148 Å². The average molecular weight is 1010 g/mol. The highest BCUT2D eigenvalue weighted by atomic mass is 16.6. The van der Waals surface area contributed by atoms with E-state index in [1.165, 1.54) is 0 Å². The van der Waals surface area contributed by atoms with E-state index >= 15 is 0 Å². The number of rotatable bonds is 21. The summed E-state index contributed by atoms with van der Waals surface area (Å²) in [5.74, 6) is -0.424. The predicted octanol–water partition coefficient (Wildman–Crippen LogP) is 9.22. The lowest BCUT2D eigenvalue weighted by atomic mass is 10.1. The van der Waals surface area contributed by atoms with Crippen LogP contribution in [0.5, 0.6) is 0 Å². The van der Waals surface area contributed by atoms with Crippen LogP contribution in [-0.4, -0.2) is 76.3 Å². The van der Waals surface area contributed by atoms with Crippen LogP contribution < -0.4 is 21.7 Å². The number of aromatic nitrogens is 6. The van der Waals surface area contributed by atoms with Crippen LogP contribution in [0.4, 0.5) is 16.2 Å². The van der Waals surface area contributed by atoms with Gasteiger partial charge in [0.05, 0.1) is 45.3 Å². The number of pyridine rings is 6. The Morgan fingerprint density at radius 2 is 0.827 bits per heavy atom. The average Bonchev–Trinajstić information content (AvgIpc) is 3.41. The van der Waals surface area contributed by atoms with Crippen molar-refractivity contribution in [2.75, 3.05) is 23.7 Å². The molecule has 0 atom stereocenters. The molecule has 2 aromatic carbocycles. The van der Waals surface area contributed by atoms with Crippen LogP contribution in [0.1, 0.15) is 86.8 Å². The molecule has 8 aromatic rings. The van der Waals surface area contributed by atoms with Gasteiger partial charge >= 0.3 is 6.09 Å². The van der Waals surface area contributed by atoms with Gasteiger partial charge in [0.2, 0.25) is 0 Å². The zero-order chi connectivity index (χ0) is 52.7. The fourth-order valence-electron chi connectivity index (χ4n) is 7.69. The summed E-state index contributed by atoms with van der Waals surface area (Å²) in [6.07, 6.45) is 11.4. The quantitative estimate of drug-likeness (QED) is 0.0530. The molecular weight excluding hydrogens is 941 g/mol. The largest absolute Gasteiger partial charge is 0.444 e. The molecule has 3 amide bonds. The van der Waals surface area contributed by atoms with Gasteiger partial charge in [0, 0.05) is 94.4 Å². The van der Waals surface area contributed by atoms with Crippen LogP contribution in [0.15, 0.2) is 183 Å². The number of carbonyl (C=O) groups excluding carboxylic acids is 3.